The average molecular weight is 314 g/mol. The molecule has 2 rings (SSSR count). The van der Waals surface area contributed by atoms with Gasteiger partial charge in [-0.3, -0.25) is 0 Å². The number of benzene rings is 1. The summed E-state index contributed by atoms with van der Waals surface area (Å²) in [6.07, 6.45) is 1.10. The van der Waals surface area contributed by atoms with E-state index in [1.54, 1.807) is 0 Å². The summed E-state index contributed by atoms with van der Waals surface area (Å²) >= 11 is 3.38. The molecule has 4 heteroatoms. The Bertz CT molecular complexity index is 391. The largest absolute Gasteiger partial charge is 0.389 e. The van der Waals surface area contributed by atoms with Gasteiger partial charge in [0, 0.05) is 24.1 Å². The molecule has 18 heavy (non-hydrogen) atoms. The van der Waals surface area contributed by atoms with E-state index in [-0.39, 0.29) is 0 Å². The Morgan fingerprint density at radius 2 is 2.06 bits per heavy atom. The van der Waals surface area contributed by atoms with Gasteiger partial charge >= 0.3 is 0 Å². The maximum Gasteiger partial charge on any atom is 0.0802 e. The zero-order valence-electron chi connectivity index (χ0n) is 10.6. The van der Waals surface area contributed by atoms with Crippen molar-refractivity contribution in [2.45, 2.75) is 31.5 Å². The van der Waals surface area contributed by atoms with Crippen molar-refractivity contribution in [3.63, 3.8) is 0 Å². The van der Waals surface area contributed by atoms with Crippen LogP contribution in [0.1, 0.15) is 31.4 Å². The molecule has 2 atom stereocenters. The third kappa shape index (κ3) is 3.79. The minimum atomic E-state index is -0.553. The first-order valence-corrected chi connectivity index (χ1v) is 7.14. The lowest BCUT2D eigenvalue weighted by molar-refractivity contribution is 0.0655. The molecular formula is C14H20BrNO2. The molecule has 0 radical (unpaired) electrons. The molecule has 1 heterocycles. The third-order valence-corrected chi connectivity index (χ3v) is 4.03. The summed E-state index contributed by atoms with van der Waals surface area (Å²) in [5, 5.41) is 20.0. The van der Waals surface area contributed by atoms with Gasteiger partial charge in [-0.15, -0.1) is 0 Å². The van der Waals surface area contributed by atoms with Crippen LogP contribution in [0.5, 0.6) is 0 Å². The summed E-state index contributed by atoms with van der Waals surface area (Å²) in [5.41, 5.74) is 0.395. The quantitative estimate of drug-likeness (QED) is 0.896. The van der Waals surface area contributed by atoms with Gasteiger partial charge < -0.3 is 15.1 Å². The highest BCUT2D eigenvalue weighted by Gasteiger charge is 2.31. The Morgan fingerprint density at radius 3 is 2.61 bits per heavy atom. The van der Waals surface area contributed by atoms with Gasteiger partial charge in [-0.25, -0.2) is 0 Å². The van der Waals surface area contributed by atoms with E-state index in [0.717, 1.165) is 29.5 Å². The van der Waals surface area contributed by atoms with Crippen LogP contribution in [0.15, 0.2) is 28.7 Å². The molecule has 100 valence electrons. The van der Waals surface area contributed by atoms with E-state index in [1.807, 2.05) is 31.2 Å². The maximum atomic E-state index is 10.1. The summed E-state index contributed by atoms with van der Waals surface area (Å²) in [4.78, 5) is 2.21. The van der Waals surface area contributed by atoms with Gasteiger partial charge in [0.1, 0.15) is 0 Å². The fourth-order valence-corrected chi connectivity index (χ4v) is 2.65. The molecule has 1 fully saturated rings. The van der Waals surface area contributed by atoms with Crippen molar-refractivity contribution in [2.75, 3.05) is 19.6 Å². The second kappa shape index (κ2) is 5.70. The first-order chi connectivity index (χ1) is 8.46. The molecule has 0 aliphatic carbocycles. The second-order valence-electron chi connectivity index (χ2n) is 5.38. The van der Waals surface area contributed by atoms with Gasteiger partial charge in [-0.1, -0.05) is 28.1 Å². The molecule has 2 unspecified atom stereocenters. The van der Waals surface area contributed by atoms with Gasteiger partial charge in [-0.2, -0.15) is 0 Å². The van der Waals surface area contributed by atoms with Crippen molar-refractivity contribution in [1.29, 1.82) is 0 Å². The lowest BCUT2D eigenvalue weighted by Crippen LogP contribution is -2.30. The molecule has 0 aromatic heterocycles. The maximum absolute atomic E-state index is 10.1. The number of likely N-dealkylation sites (tertiary alicyclic amines) is 1. The van der Waals surface area contributed by atoms with Crippen molar-refractivity contribution in [3.05, 3.63) is 34.3 Å². The predicted molar refractivity (Wildman–Crippen MR) is 75.4 cm³/mol. The van der Waals surface area contributed by atoms with Crippen LogP contribution in [-0.4, -0.2) is 40.3 Å². The lowest BCUT2D eigenvalue weighted by Gasteiger charge is -2.20. The number of hydrogen-bond donors (Lipinski definition) is 2. The molecule has 2 N–H and O–H groups in total. The Morgan fingerprint density at radius 1 is 1.39 bits per heavy atom. The fourth-order valence-electron chi connectivity index (χ4n) is 2.39. The molecule has 1 aliphatic rings. The standard InChI is InChI=1S/C14H20BrNO2/c1-14(18)7-9-16(10-14)8-6-13(17)11-2-4-12(15)5-3-11/h2-5,13,17-18H,6-10H2,1H3. The topological polar surface area (TPSA) is 43.7 Å². The zero-order chi connectivity index (χ0) is 13.2. The molecule has 3 nitrogen and oxygen atoms in total. The summed E-state index contributed by atoms with van der Waals surface area (Å²) in [6.45, 7) is 4.33. The average Bonchev–Trinajstić information content (AvgIpc) is 2.67. The van der Waals surface area contributed by atoms with Crippen LogP contribution in [0.25, 0.3) is 0 Å². The SMILES string of the molecule is CC1(O)CCN(CCC(O)c2ccc(Br)cc2)C1. The molecule has 1 saturated heterocycles. The third-order valence-electron chi connectivity index (χ3n) is 3.50. The van der Waals surface area contributed by atoms with E-state index in [9.17, 15) is 10.2 Å². The van der Waals surface area contributed by atoms with Crippen molar-refractivity contribution in [1.82, 2.24) is 4.90 Å². The highest BCUT2D eigenvalue weighted by atomic mass is 79.9. The molecule has 0 spiro atoms. The summed E-state index contributed by atoms with van der Waals surface area (Å²) in [5.74, 6) is 0. The van der Waals surface area contributed by atoms with Crippen LogP contribution < -0.4 is 0 Å². The molecule has 0 amide bonds. The Hall–Kier alpha value is -0.420. The number of aliphatic hydroxyl groups is 2. The molecule has 1 aliphatic heterocycles. The molecule has 0 saturated carbocycles. The van der Waals surface area contributed by atoms with Crippen LogP contribution in [0.2, 0.25) is 0 Å². The number of nitrogens with zero attached hydrogens (tertiary/aromatic N) is 1. The molecule has 1 aromatic rings. The van der Waals surface area contributed by atoms with E-state index in [4.69, 9.17) is 0 Å². The summed E-state index contributed by atoms with van der Waals surface area (Å²) < 4.78 is 1.02. The first-order valence-electron chi connectivity index (χ1n) is 6.34. The van der Waals surface area contributed by atoms with Crippen molar-refractivity contribution in [3.8, 4) is 0 Å². The number of hydrogen-bond acceptors (Lipinski definition) is 3. The van der Waals surface area contributed by atoms with Gasteiger partial charge in [0.05, 0.1) is 11.7 Å². The predicted octanol–water partition coefficient (Wildman–Crippen LogP) is 2.33. The smallest absolute Gasteiger partial charge is 0.0802 e. The normalized spacial score (nSPS) is 26.4. The lowest BCUT2D eigenvalue weighted by atomic mass is 10.1. The summed E-state index contributed by atoms with van der Waals surface area (Å²) in [6, 6.07) is 7.77. The van der Waals surface area contributed by atoms with Crippen molar-refractivity contribution >= 4 is 15.9 Å². The first kappa shape index (κ1) is 14.0. The number of aliphatic hydroxyl groups excluding tert-OH is 1. The highest BCUT2D eigenvalue weighted by molar-refractivity contribution is 9.10. The minimum absolute atomic E-state index is 0.427. The van der Waals surface area contributed by atoms with Gasteiger partial charge in [0.25, 0.3) is 0 Å². The monoisotopic (exact) mass is 313 g/mol. The Labute approximate surface area is 117 Å². The van der Waals surface area contributed by atoms with Crippen LogP contribution in [0.4, 0.5) is 0 Å². The van der Waals surface area contributed by atoms with Crippen molar-refractivity contribution in [2.24, 2.45) is 0 Å². The Balaban J connectivity index is 1.82. The van der Waals surface area contributed by atoms with Crippen LogP contribution in [-0.2, 0) is 0 Å². The fraction of sp³-hybridized carbons (Fsp3) is 0.571. The van der Waals surface area contributed by atoms with Crippen molar-refractivity contribution < 1.29 is 10.2 Å². The van der Waals surface area contributed by atoms with Crippen LogP contribution >= 0.6 is 15.9 Å². The zero-order valence-corrected chi connectivity index (χ0v) is 12.2. The van der Waals surface area contributed by atoms with E-state index in [2.05, 4.69) is 20.8 Å². The van der Waals surface area contributed by atoms with E-state index in [0.29, 0.717) is 13.0 Å². The van der Waals surface area contributed by atoms with Crippen LogP contribution in [0, 0.1) is 0 Å². The molecular weight excluding hydrogens is 294 g/mol. The summed E-state index contributed by atoms with van der Waals surface area (Å²) in [7, 11) is 0. The van der Waals surface area contributed by atoms with Gasteiger partial charge in [-0.05, 0) is 37.5 Å². The molecule has 1 aromatic carbocycles. The second-order valence-corrected chi connectivity index (χ2v) is 6.29. The highest BCUT2D eigenvalue weighted by Crippen LogP contribution is 2.23. The van der Waals surface area contributed by atoms with Gasteiger partial charge in [0.2, 0.25) is 0 Å². The van der Waals surface area contributed by atoms with Crippen LogP contribution in [0.3, 0.4) is 0 Å². The molecule has 0 bridgehead atoms. The Kier molecular flexibility index (Phi) is 4.43. The van der Waals surface area contributed by atoms with E-state index in [1.165, 1.54) is 0 Å². The van der Waals surface area contributed by atoms with E-state index >= 15 is 0 Å². The van der Waals surface area contributed by atoms with Gasteiger partial charge in [0.15, 0.2) is 0 Å². The number of rotatable bonds is 4. The minimum Gasteiger partial charge on any atom is -0.389 e. The number of β-amino-alcohol motifs (C(OH)–C–C–N with tert-alkyl or cyclic N) is 1. The number of halogens is 1. The van der Waals surface area contributed by atoms with E-state index < -0.39 is 11.7 Å².